The molecule has 0 unspecified atom stereocenters. The van der Waals surface area contributed by atoms with Crippen LogP contribution in [0.1, 0.15) is 48.5 Å². The maximum absolute atomic E-state index is 12.4. The highest BCUT2D eigenvalue weighted by molar-refractivity contribution is 6.03. The number of fused-ring (bicyclic) bond motifs is 1. The lowest BCUT2D eigenvalue weighted by atomic mass is 9.96. The molecule has 0 fully saturated rings. The normalized spacial score (nSPS) is 14.3. The van der Waals surface area contributed by atoms with Gasteiger partial charge in [0.1, 0.15) is 5.76 Å². The quantitative estimate of drug-likeness (QED) is 0.889. The summed E-state index contributed by atoms with van der Waals surface area (Å²) < 4.78 is 6.52. The van der Waals surface area contributed by atoms with Gasteiger partial charge in [-0.3, -0.25) is 9.48 Å². The van der Waals surface area contributed by atoms with Crippen molar-refractivity contribution in [3.63, 3.8) is 0 Å². The van der Waals surface area contributed by atoms with Crippen molar-refractivity contribution in [2.24, 2.45) is 0 Å². The van der Waals surface area contributed by atoms with E-state index in [9.17, 15) is 14.7 Å². The van der Waals surface area contributed by atoms with Crippen molar-refractivity contribution in [2.75, 3.05) is 5.32 Å². The summed E-state index contributed by atoms with van der Waals surface area (Å²) in [5.41, 5.74) is 0.379. The summed E-state index contributed by atoms with van der Waals surface area (Å²) >= 11 is 0. The molecule has 1 aliphatic carbocycles. The van der Waals surface area contributed by atoms with E-state index in [1.54, 1.807) is 0 Å². The molecule has 2 heterocycles. The summed E-state index contributed by atoms with van der Waals surface area (Å²) in [6, 6.07) is 0. The number of nitrogens with zero attached hydrogens (tertiary/aromatic N) is 3. The fourth-order valence-electron chi connectivity index (χ4n) is 2.54. The number of carboxylic acid groups (broad SMARTS) is 1. The van der Waals surface area contributed by atoms with Gasteiger partial charge in [0, 0.05) is 18.2 Å². The van der Waals surface area contributed by atoms with Crippen LogP contribution in [0.5, 0.6) is 0 Å². The van der Waals surface area contributed by atoms with Gasteiger partial charge in [0.2, 0.25) is 0 Å². The van der Waals surface area contributed by atoms with Gasteiger partial charge in [0.25, 0.3) is 5.91 Å². The Hall–Kier alpha value is -2.64. The summed E-state index contributed by atoms with van der Waals surface area (Å²) in [4.78, 5) is 23.6. The van der Waals surface area contributed by atoms with E-state index in [1.807, 2.05) is 0 Å². The van der Waals surface area contributed by atoms with Crippen molar-refractivity contribution < 1.29 is 19.2 Å². The number of rotatable bonds is 4. The Morgan fingerprint density at radius 3 is 2.83 bits per heavy atom. The molecule has 8 heteroatoms. The largest absolute Gasteiger partial charge is 0.479 e. The van der Waals surface area contributed by atoms with Gasteiger partial charge in [-0.15, -0.1) is 0 Å². The van der Waals surface area contributed by atoms with Crippen molar-refractivity contribution in [3.05, 3.63) is 29.4 Å². The van der Waals surface area contributed by atoms with Gasteiger partial charge in [-0.1, -0.05) is 5.16 Å². The summed E-state index contributed by atoms with van der Waals surface area (Å²) in [5, 5.41) is 19.8. The van der Waals surface area contributed by atoms with Gasteiger partial charge in [-0.25, -0.2) is 4.79 Å². The maximum atomic E-state index is 12.4. The molecule has 1 amide bonds. The van der Waals surface area contributed by atoms with Gasteiger partial charge in [0.05, 0.1) is 11.9 Å². The number of aliphatic carboxylic acids is 1. The van der Waals surface area contributed by atoms with E-state index < -0.39 is 11.5 Å². The Bertz CT molecular complexity index is 759. The third-order valence-electron chi connectivity index (χ3n) is 4.10. The molecule has 0 spiro atoms. The summed E-state index contributed by atoms with van der Waals surface area (Å²) in [6.45, 7) is 3.06. The molecule has 2 aromatic heterocycles. The molecule has 0 aromatic carbocycles. The van der Waals surface area contributed by atoms with E-state index in [0.717, 1.165) is 37.0 Å². The van der Waals surface area contributed by atoms with Gasteiger partial charge < -0.3 is 14.9 Å². The minimum atomic E-state index is -1.20. The highest BCUT2D eigenvalue weighted by Gasteiger charge is 2.30. The molecule has 0 saturated carbocycles. The lowest BCUT2D eigenvalue weighted by molar-refractivity contribution is -0.146. The van der Waals surface area contributed by atoms with Crippen LogP contribution in [0.4, 0.5) is 5.69 Å². The van der Waals surface area contributed by atoms with Crippen LogP contribution in [0, 0.1) is 0 Å². The average Bonchev–Trinajstić information content (AvgIpc) is 3.13. The summed E-state index contributed by atoms with van der Waals surface area (Å²) in [5.74, 6) is -0.599. The van der Waals surface area contributed by atoms with Crippen molar-refractivity contribution >= 4 is 17.6 Å². The molecule has 0 radical (unpaired) electrons. The predicted octanol–water partition coefficient (Wildman–Crippen LogP) is 1.82. The number of carbonyl (C=O) groups excluding carboxylic acids is 1. The van der Waals surface area contributed by atoms with E-state index in [-0.39, 0.29) is 5.91 Å². The van der Waals surface area contributed by atoms with Gasteiger partial charge in [0.15, 0.2) is 11.2 Å². The first-order valence-corrected chi connectivity index (χ1v) is 7.47. The molecule has 0 saturated heterocycles. The van der Waals surface area contributed by atoms with Gasteiger partial charge >= 0.3 is 5.97 Å². The van der Waals surface area contributed by atoms with Crippen molar-refractivity contribution in [3.8, 4) is 0 Å². The molecule has 1 aliphatic rings. The van der Waals surface area contributed by atoms with E-state index in [4.69, 9.17) is 4.52 Å². The molecule has 0 aliphatic heterocycles. The van der Waals surface area contributed by atoms with Crippen molar-refractivity contribution in [1.29, 1.82) is 0 Å². The molecule has 2 N–H and O–H groups in total. The molecule has 0 bridgehead atoms. The molecule has 122 valence electrons. The lowest BCUT2D eigenvalue weighted by Crippen LogP contribution is -2.35. The SMILES string of the molecule is CC(C)(C(=O)O)n1cc(NC(=O)c2noc3c2CCCC3)cn1. The topological polar surface area (TPSA) is 110 Å². The van der Waals surface area contributed by atoms with Crippen LogP contribution in [0.3, 0.4) is 0 Å². The second-order valence-electron chi connectivity index (χ2n) is 6.13. The minimum Gasteiger partial charge on any atom is -0.479 e. The molecule has 8 nitrogen and oxygen atoms in total. The Kier molecular flexibility index (Phi) is 3.67. The number of aryl methyl sites for hydroxylation is 1. The number of aromatic nitrogens is 3. The molecular formula is C15H18N4O4. The van der Waals surface area contributed by atoms with Crippen LogP contribution in [-0.4, -0.2) is 31.9 Å². The monoisotopic (exact) mass is 318 g/mol. The van der Waals surface area contributed by atoms with Crippen LogP contribution >= 0.6 is 0 Å². The number of amides is 1. The number of carbonyl (C=O) groups is 2. The first-order chi connectivity index (χ1) is 10.9. The molecule has 0 atom stereocenters. The van der Waals surface area contributed by atoms with Crippen molar-refractivity contribution in [2.45, 2.75) is 45.1 Å². The van der Waals surface area contributed by atoms with E-state index in [1.165, 1.54) is 30.9 Å². The maximum Gasteiger partial charge on any atom is 0.331 e. The number of carboxylic acids is 1. The number of anilines is 1. The summed E-state index contributed by atoms with van der Waals surface area (Å²) in [6.07, 6.45) is 6.54. The first kappa shape index (κ1) is 15.3. The Labute approximate surface area is 132 Å². The number of nitrogens with one attached hydrogen (secondary N) is 1. The Balaban J connectivity index is 1.78. The molecule has 3 rings (SSSR count). The molecular weight excluding hydrogens is 300 g/mol. The third kappa shape index (κ3) is 2.71. The highest BCUT2D eigenvalue weighted by atomic mass is 16.5. The van der Waals surface area contributed by atoms with Gasteiger partial charge in [-0.05, 0) is 33.1 Å². The smallest absolute Gasteiger partial charge is 0.331 e. The number of hydrogen-bond donors (Lipinski definition) is 2. The van der Waals surface area contributed by atoms with Crippen LogP contribution < -0.4 is 5.32 Å². The fraction of sp³-hybridized carbons (Fsp3) is 0.467. The highest BCUT2D eigenvalue weighted by Crippen LogP contribution is 2.25. The van der Waals surface area contributed by atoms with E-state index >= 15 is 0 Å². The fourth-order valence-corrected chi connectivity index (χ4v) is 2.54. The molecule has 2 aromatic rings. The van der Waals surface area contributed by atoms with E-state index in [0.29, 0.717) is 11.4 Å². The second kappa shape index (κ2) is 5.53. The zero-order valence-electron chi connectivity index (χ0n) is 13.0. The zero-order valence-corrected chi connectivity index (χ0v) is 13.0. The Morgan fingerprint density at radius 2 is 2.09 bits per heavy atom. The van der Waals surface area contributed by atoms with Crippen LogP contribution in [0.25, 0.3) is 0 Å². The predicted molar refractivity (Wildman–Crippen MR) is 80.3 cm³/mol. The average molecular weight is 318 g/mol. The minimum absolute atomic E-state index is 0.296. The zero-order chi connectivity index (χ0) is 16.6. The van der Waals surface area contributed by atoms with Crippen LogP contribution in [0.2, 0.25) is 0 Å². The third-order valence-corrected chi connectivity index (χ3v) is 4.10. The van der Waals surface area contributed by atoms with Crippen LogP contribution in [-0.2, 0) is 23.2 Å². The Morgan fingerprint density at radius 1 is 1.35 bits per heavy atom. The number of hydrogen-bond acceptors (Lipinski definition) is 5. The van der Waals surface area contributed by atoms with Crippen molar-refractivity contribution in [1.82, 2.24) is 14.9 Å². The van der Waals surface area contributed by atoms with Crippen LogP contribution in [0.15, 0.2) is 16.9 Å². The van der Waals surface area contributed by atoms with Gasteiger partial charge in [-0.2, -0.15) is 5.10 Å². The standard InChI is InChI=1S/C15H18N4O4/c1-15(2,14(21)22)19-8-9(7-16-19)17-13(20)12-10-5-3-4-6-11(10)23-18-12/h7-8H,3-6H2,1-2H3,(H,17,20)(H,21,22). The molecule has 23 heavy (non-hydrogen) atoms. The first-order valence-electron chi connectivity index (χ1n) is 7.47. The lowest BCUT2D eigenvalue weighted by Gasteiger charge is -2.19. The van der Waals surface area contributed by atoms with E-state index in [2.05, 4.69) is 15.6 Å². The summed E-state index contributed by atoms with van der Waals surface area (Å²) in [7, 11) is 0. The second-order valence-corrected chi connectivity index (χ2v) is 6.13.